The molecule has 0 atom stereocenters. The Hall–Kier alpha value is -1.84. The van der Waals surface area contributed by atoms with Crippen LogP contribution >= 0.6 is 0 Å². The summed E-state index contributed by atoms with van der Waals surface area (Å²) in [7, 11) is 0. The third-order valence-corrected chi connectivity index (χ3v) is 2.91. The fraction of sp³-hybridized carbons (Fsp3) is 0.333. The first kappa shape index (κ1) is 9.39. The molecule has 0 radical (unpaired) electrons. The molecule has 0 aliphatic heterocycles. The first-order valence-corrected chi connectivity index (χ1v) is 5.57. The van der Waals surface area contributed by atoms with Crippen LogP contribution in [0.2, 0.25) is 0 Å². The molecule has 1 aromatic heterocycles. The average molecular weight is 214 g/mol. The molecule has 1 heterocycles. The van der Waals surface area contributed by atoms with E-state index in [4.69, 9.17) is 5.73 Å². The van der Waals surface area contributed by atoms with E-state index < -0.39 is 0 Å². The smallest absolute Gasteiger partial charge is 0.137 e. The van der Waals surface area contributed by atoms with Gasteiger partial charge in [-0.15, -0.1) is 0 Å². The highest BCUT2D eigenvalue weighted by atomic mass is 15.0. The highest BCUT2D eigenvalue weighted by Gasteiger charge is 2.21. The second kappa shape index (κ2) is 3.63. The van der Waals surface area contributed by atoms with Gasteiger partial charge in [0.2, 0.25) is 0 Å². The Balaban J connectivity index is 1.97. The number of benzene rings is 1. The fourth-order valence-electron chi connectivity index (χ4n) is 1.78. The lowest BCUT2D eigenvalue weighted by atomic mass is 10.2. The normalized spacial score (nSPS) is 15.2. The third kappa shape index (κ3) is 1.78. The highest BCUT2D eigenvalue weighted by Crippen LogP contribution is 2.29. The number of nitrogens with two attached hydrogens (primary N) is 1. The molecule has 82 valence electrons. The third-order valence-electron chi connectivity index (χ3n) is 2.91. The summed E-state index contributed by atoms with van der Waals surface area (Å²) >= 11 is 0. The van der Waals surface area contributed by atoms with Gasteiger partial charge in [0.05, 0.1) is 5.52 Å². The van der Waals surface area contributed by atoms with Crippen molar-refractivity contribution in [2.45, 2.75) is 12.8 Å². The second-order valence-corrected chi connectivity index (χ2v) is 4.32. The SMILES string of the molecule is Nc1ccc2ncnc(NCC3CC3)c2c1. The van der Waals surface area contributed by atoms with E-state index in [0.29, 0.717) is 0 Å². The van der Waals surface area contributed by atoms with Crippen LogP contribution in [0.4, 0.5) is 11.5 Å². The Bertz CT molecular complexity index is 519. The molecule has 2 aromatic rings. The molecule has 0 amide bonds. The van der Waals surface area contributed by atoms with Crippen LogP contribution in [0.5, 0.6) is 0 Å². The molecule has 0 spiro atoms. The molecule has 0 saturated heterocycles. The van der Waals surface area contributed by atoms with Crippen molar-refractivity contribution in [3.63, 3.8) is 0 Å². The topological polar surface area (TPSA) is 63.8 Å². The zero-order valence-corrected chi connectivity index (χ0v) is 8.98. The quantitative estimate of drug-likeness (QED) is 0.767. The van der Waals surface area contributed by atoms with Gasteiger partial charge in [-0.05, 0) is 37.0 Å². The number of rotatable bonds is 3. The zero-order chi connectivity index (χ0) is 11.0. The molecule has 1 saturated carbocycles. The number of hydrogen-bond donors (Lipinski definition) is 2. The molecule has 1 aromatic carbocycles. The molecule has 3 rings (SSSR count). The van der Waals surface area contributed by atoms with Crippen LogP contribution in [0.25, 0.3) is 10.9 Å². The summed E-state index contributed by atoms with van der Waals surface area (Å²) in [6, 6.07) is 5.71. The van der Waals surface area contributed by atoms with Crippen molar-refractivity contribution in [1.29, 1.82) is 0 Å². The molecular formula is C12H14N4. The van der Waals surface area contributed by atoms with Crippen LogP contribution in [0.3, 0.4) is 0 Å². The minimum absolute atomic E-state index is 0.747. The van der Waals surface area contributed by atoms with E-state index in [9.17, 15) is 0 Å². The van der Waals surface area contributed by atoms with Crippen LogP contribution < -0.4 is 11.1 Å². The predicted octanol–water partition coefficient (Wildman–Crippen LogP) is 2.03. The fourth-order valence-corrected chi connectivity index (χ4v) is 1.78. The van der Waals surface area contributed by atoms with Crippen LogP contribution in [-0.4, -0.2) is 16.5 Å². The summed E-state index contributed by atoms with van der Waals surface area (Å²) in [4.78, 5) is 8.49. The van der Waals surface area contributed by atoms with Crippen molar-refractivity contribution in [3.8, 4) is 0 Å². The maximum Gasteiger partial charge on any atom is 0.137 e. The summed E-state index contributed by atoms with van der Waals surface area (Å²) < 4.78 is 0. The highest BCUT2D eigenvalue weighted by molar-refractivity contribution is 5.91. The molecule has 1 aliphatic rings. The average Bonchev–Trinajstić information content (AvgIpc) is 3.10. The van der Waals surface area contributed by atoms with Gasteiger partial charge >= 0.3 is 0 Å². The molecule has 3 N–H and O–H groups in total. The van der Waals surface area contributed by atoms with Crippen LogP contribution in [-0.2, 0) is 0 Å². The van der Waals surface area contributed by atoms with Gasteiger partial charge in [-0.3, -0.25) is 0 Å². The largest absolute Gasteiger partial charge is 0.399 e. The van der Waals surface area contributed by atoms with Gasteiger partial charge < -0.3 is 11.1 Å². The standard InChI is InChI=1S/C12H14N4/c13-9-3-4-11-10(5-9)12(16-7-15-11)14-6-8-1-2-8/h3-5,7-8H,1-2,6,13H2,(H,14,15,16). The predicted molar refractivity (Wildman–Crippen MR) is 65.2 cm³/mol. The Morgan fingerprint density at radius 3 is 3.00 bits per heavy atom. The minimum Gasteiger partial charge on any atom is -0.399 e. The Morgan fingerprint density at radius 1 is 1.31 bits per heavy atom. The van der Waals surface area contributed by atoms with Crippen molar-refractivity contribution >= 4 is 22.4 Å². The van der Waals surface area contributed by atoms with Crippen molar-refractivity contribution in [3.05, 3.63) is 24.5 Å². The first-order chi connectivity index (χ1) is 7.83. The van der Waals surface area contributed by atoms with Crippen LogP contribution in [0.1, 0.15) is 12.8 Å². The first-order valence-electron chi connectivity index (χ1n) is 5.57. The zero-order valence-electron chi connectivity index (χ0n) is 8.98. The van der Waals surface area contributed by atoms with Crippen molar-refractivity contribution in [1.82, 2.24) is 9.97 Å². The van der Waals surface area contributed by atoms with E-state index >= 15 is 0 Å². The number of fused-ring (bicyclic) bond motifs is 1. The van der Waals surface area contributed by atoms with E-state index in [0.717, 1.165) is 34.9 Å². The van der Waals surface area contributed by atoms with Crippen LogP contribution in [0, 0.1) is 5.92 Å². The number of aromatic nitrogens is 2. The molecule has 1 aliphatic carbocycles. The van der Waals surface area contributed by atoms with Gasteiger partial charge in [-0.1, -0.05) is 0 Å². The summed E-state index contributed by atoms with van der Waals surface area (Å²) in [5, 5.41) is 4.37. The molecular weight excluding hydrogens is 200 g/mol. The number of anilines is 2. The van der Waals surface area contributed by atoms with Gasteiger partial charge in [0.1, 0.15) is 12.1 Å². The summed E-state index contributed by atoms with van der Waals surface area (Å²) in [5.41, 5.74) is 7.46. The molecule has 0 unspecified atom stereocenters. The van der Waals surface area contributed by atoms with Gasteiger partial charge in [0.25, 0.3) is 0 Å². The summed E-state index contributed by atoms with van der Waals surface area (Å²) in [6.45, 7) is 1.00. The number of hydrogen-bond acceptors (Lipinski definition) is 4. The van der Waals surface area contributed by atoms with Crippen molar-refractivity contribution in [2.75, 3.05) is 17.6 Å². The Kier molecular flexibility index (Phi) is 2.13. The van der Waals surface area contributed by atoms with E-state index in [1.165, 1.54) is 12.8 Å². The van der Waals surface area contributed by atoms with E-state index in [-0.39, 0.29) is 0 Å². The number of nitrogens with zero attached hydrogens (tertiary/aromatic N) is 2. The molecule has 4 nitrogen and oxygen atoms in total. The second-order valence-electron chi connectivity index (χ2n) is 4.32. The molecule has 16 heavy (non-hydrogen) atoms. The maximum atomic E-state index is 5.78. The summed E-state index contributed by atoms with van der Waals surface area (Å²) in [5.74, 6) is 1.72. The summed E-state index contributed by atoms with van der Waals surface area (Å²) in [6.07, 6.45) is 4.25. The number of nitrogen functional groups attached to an aromatic ring is 1. The molecule has 1 fully saturated rings. The van der Waals surface area contributed by atoms with E-state index in [1.54, 1.807) is 6.33 Å². The minimum atomic E-state index is 0.747. The van der Waals surface area contributed by atoms with Gasteiger partial charge in [-0.2, -0.15) is 0 Å². The van der Waals surface area contributed by atoms with Crippen LogP contribution in [0.15, 0.2) is 24.5 Å². The van der Waals surface area contributed by atoms with E-state index in [1.807, 2.05) is 18.2 Å². The molecule has 4 heteroatoms. The Morgan fingerprint density at radius 2 is 2.19 bits per heavy atom. The lowest BCUT2D eigenvalue weighted by molar-refractivity contribution is 0.884. The van der Waals surface area contributed by atoms with Gasteiger partial charge in [0.15, 0.2) is 0 Å². The maximum absolute atomic E-state index is 5.78. The number of nitrogens with one attached hydrogen (secondary N) is 1. The van der Waals surface area contributed by atoms with Gasteiger partial charge in [-0.25, -0.2) is 9.97 Å². The Labute approximate surface area is 93.9 Å². The van der Waals surface area contributed by atoms with Gasteiger partial charge in [0, 0.05) is 17.6 Å². The lowest BCUT2D eigenvalue weighted by Crippen LogP contribution is -2.05. The molecule has 0 bridgehead atoms. The van der Waals surface area contributed by atoms with Crippen molar-refractivity contribution in [2.24, 2.45) is 5.92 Å². The lowest BCUT2D eigenvalue weighted by Gasteiger charge is -2.07. The van der Waals surface area contributed by atoms with E-state index in [2.05, 4.69) is 15.3 Å². The monoisotopic (exact) mass is 214 g/mol. The van der Waals surface area contributed by atoms with Crippen molar-refractivity contribution < 1.29 is 0 Å².